The summed E-state index contributed by atoms with van der Waals surface area (Å²) in [7, 11) is 0. The summed E-state index contributed by atoms with van der Waals surface area (Å²) >= 11 is 0. The first-order valence-electron chi connectivity index (χ1n) is 15.5. The number of unbranched alkanes of at least 4 members (excludes halogenated alkanes) is 3. The standard InChI is InChI=1S/C35H66O5/c1-18-19-20-21-24-28(2,3)30(6,7)32(10,11)34(14,15)35(16,17)33(12,13)31(8,9)29(4,5)27(39)40-26(38)23-22-25(36)37/h18-24H2,1-17H3,(H,36,37). The van der Waals surface area contributed by atoms with Crippen LogP contribution >= 0.6 is 0 Å². The van der Waals surface area contributed by atoms with Crippen molar-refractivity contribution in [3.8, 4) is 0 Å². The molecule has 0 heterocycles. The van der Waals surface area contributed by atoms with Gasteiger partial charge in [-0.2, -0.15) is 0 Å². The van der Waals surface area contributed by atoms with E-state index >= 15 is 0 Å². The zero-order valence-electron chi connectivity index (χ0n) is 29.5. The summed E-state index contributed by atoms with van der Waals surface area (Å²) in [5.41, 5.74) is -2.43. The van der Waals surface area contributed by atoms with Crippen LogP contribution in [0.2, 0.25) is 0 Å². The van der Waals surface area contributed by atoms with Crippen LogP contribution in [0, 0.1) is 43.3 Å². The molecule has 5 heteroatoms. The highest BCUT2D eigenvalue weighted by Gasteiger charge is 2.66. The van der Waals surface area contributed by atoms with Gasteiger partial charge in [0.1, 0.15) is 0 Å². The number of aliphatic carboxylic acids is 1. The van der Waals surface area contributed by atoms with Crippen molar-refractivity contribution in [1.82, 2.24) is 0 Å². The van der Waals surface area contributed by atoms with E-state index in [4.69, 9.17) is 9.84 Å². The van der Waals surface area contributed by atoms with Gasteiger partial charge in [-0.1, -0.05) is 130 Å². The third-order valence-corrected chi connectivity index (χ3v) is 14.0. The number of esters is 2. The fourth-order valence-corrected chi connectivity index (χ4v) is 6.80. The van der Waals surface area contributed by atoms with E-state index in [9.17, 15) is 14.4 Å². The zero-order chi connectivity index (χ0) is 32.4. The Labute approximate surface area is 248 Å². The molecule has 1 N–H and O–H groups in total. The van der Waals surface area contributed by atoms with Gasteiger partial charge in [0.25, 0.3) is 0 Å². The zero-order valence-corrected chi connectivity index (χ0v) is 29.5. The van der Waals surface area contributed by atoms with Crippen LogP contribution in [-0.2, 0) is 19.1 Å². The normalized spacial score (nSPS) is 14.7. The minimum atomic E-state index is -1.09. The summed E-state index contributed by atoms with van der Waals surface area (Å²) in [4.78, 5) is 36.6. The van der Waals surface area contributed by atoms with E-state index in [0.717, 1.165) is 0 Å². The molecule has 40 heavy (non-hydrogen) atoms. The van der Waals surface area contributed by atoms with Crippen molar-refractivity contribution in [2.24, 2.45) is 43.3 Å². The fraction of sp³-hybridized carbons (Fsp3) is 0.914. The molecule has 0 rings (SSSR count). The van der Waals surface area contributed by atoms with Crippen LogP contribution in [0.4, 0.5) is 0 Å². The average Bonchev–Trinajstić information content (AvgIpc) is 2.79. The Kier molecular flexibility index (Phi) is 12.0. The fourth-order valence-electron chi connectivity index (χ4n) is 6.80. The quantitative estimate of drug-likeness (QED) is 0.114. The van der Waals surface area contributed by atoms with Gasteiger partial charge >= 0.3 is 17.9 Å². The third kappa shape index (κ3) is 6.64. The Bertz CT molecular complexity index is 897. The SMILES string of the molecule is CCCCCCC(C)(C)C(C)(C)C(C)(C)C(C)(C)C(C)(C)C(C)(C)C(C)(C)C(C)(C)C(=O)OC(=O)CCC(=O)O. The predicted octanol–water partition coefficient (Wildman–Crippen LogP) is 10.1. The Morgan fingerprint density at radius 1 is 0.550 bits per heavy atom. The van der Waals surface area contributed by atoms with Crippen molar-refractivity contribution < 1.29 is 24.2 Å². The molecule has 0 aliphatic heterocycles. The molecule has 0 aromatic rings. The van der Waals surface area contributed by atoms with Gasteiger partial charge in [-0.05, 0) is 58.2 Å². The maximum Gasteiger partial charge on any atom is 0.319 e. The molecular formula is C35H66O5. The number of carbonyl (C=O) groups excluding carboxylic acids is 2. The van der Waals surface area contributed by atoms with Crippen molar-refractivity contribution in [3.05, 3.63) is 0 Å². The lowest BCUT2D eigenvalue weighted by Gasteiger charge is -2.69. The summed E-state index contributed by atoms with van der Waals surface area (Å²) in [6, 6.07) is 0. The predicted molar refractivity (Wildman–Crippen MR) is 167 cm³/mol. The van der Waals surface area contributed by atoms with E-state index in [1.165, 1.54) is 32.1 Å². The molecule has 0 unspecified atom stereocenters. The topological polar surface area (TPSA) is 80.7 Å². The van der Waals surface area contributed by atoms with Crippen LogP contribution in [0.15, 0.2) is 0 Å². The van der Waals surface area contributed by atoms with E-state index in [2.05, 4.69) is 104 Å². The molecule has 0 spiro atoms. The lowest BCUT2D eigenvalue weighted by Crippen LogP contribution is -2.64. The number of carboxylic acids is 1. The van der Waals surface area contributed by atoms with Gasteiger partial charge in [-0.3, -0.25) is 14.4 Å². The number of rotatable bonds is 16. The molecule has 236 valence electrons. The van der Waals surface area contributed by atoms with E-state index in [1.54, 1.807) is 0 Å². The van der Waals surface area contributed by atoms with Crippen LogP contribution in [-0.4, -0.2) is 23.0 Å². The van der Waals surface area contributed by atoms with Gasteiger partial charge in [0, 0.05) is 0 Å². The summed E-state index contributed by atoms with van der Waals surface area (Å²) in [6.45, 7) is 38.7. The lowest BCUT2D eigenvalue weighted by molar-refractivity contribution is -0.217. The Morgan fingerprint density at radius 2 is 0.950 bits per heavy atom. The van der Waals surface area contributed by atoms with E-state index in [1.807, 2.05) is 13.8 Å². The van der Waals surface area contributed by atoms with E-state index in [0.29, 0.717) is 0 Å². The number of hydrogen-bond donors (Lipinski definition) is 1. The van der Waals surface area contributed by atoms with E-state index in [-0.39, 0.29) is 39.9 Å². The first-order valence-corrected chi connectivity index (χ1v) is 15.5. The molecule has 0 atom stereocenters. The number of carbonyl (C=O) groups is 3. The molecule has 0 amide bonds. The van der Waals surface area contributed by atoms with Crippen LogP contribution in [0.5, 0.6) is 0 Å². The van der Waals surface area contributed by atoms with Crippen LogP contribution in [0.3, 0.4) is 0 Å². The molecular weight excluding hydrogens is 500 g/mol. The molecule has 0 aromatic heterocycles. The number of ether oxygens (including phenoxy) is 1. The maximum atomic E-state index is 13.4. The summed E-state index contributed by atoms with van der Waals surface area (Å²) < 4.78 is 5.23. The average molecular weight is 567 g/mol. The molecule has 0 aromatic carbocycles. The van der Waals surface area contributed by atoms with Gasteiger partial charge in [-0.25, -0.2) is 0 Å². The molecule has 0 radical (unpaired) electrons. The summed E-state index contributed by atoms with van der Waals surface area (Å²) in [5, 5.41) is 8.90. The lowest BCUT2D eigenvalue weighted by atomic mass is 9.35. The first-order chi connectivity index (χ1) is 17.5. The smallest absolute Gasteiger partial charge is 0.319 e. The highest BCUT2D eigenvalue weighted by Crippen LogP contribution is 2.71. The van der Waals surface area contributed by atoms with Crippen LogP contribution in [0.1, 0.15) is 163 Å². The van der Waals surface area contributed by atoms with Crippen molar-refractivity contribution in [3.63, 3.8) is 0 Å². The third-order valence-electron chi connectivity index (χ3n) is 14.0. The monoisotopic (exact) mass is 566 g/mol. The second-order valence-corrected chi connectivity index (χ2v) is 16.7. The summed E-state index contributed by atoms with van der Waals surface area (Å²) in [5.74, 6) is -2.50. The molecule has 0 aliphatic carbocycles. The number of carboxylic acid groups (broad SMARTS) is 1. The van der Waals surface area contributed by atoms with Gasteiger partial charge in [0.05, 0.1) is 18.3 Å². The molecule has 0 saturated heterocycles. The second-order valence-electron chi connectivity index (χ2n) is 16.7. The number of hydrogen-bond acceptors (Lipinski definition) is 4. The second kappa shape index (κ2) is 12.5. The molecule has 0 bridgehead atoms. The van der Waals surface area contributed by atoms with Crippen LogP contribution in [0.25, 0.3) is 0 Å². The van der Waals surface area contributed by atoms with Gasteiger partial charge in [-0.15, -0.1) is 0 Å². The van der Waals surface area contributed by atoms with E-state index < -0.39 is 34.2 Å². The van der Waals surface area contributed by atoms with Crippen molar-refractivity contribution in [1.29, 1.82) is 0 Å². The maximum absolute atomic E-state index is 13.4. The van der Waals surface area contributed by atoms with Crippen molar-refractivity contribution >= 4 is 17.9 Å². The first kappa shape index (κ1) is 38.6. The van der Waals surface area contributed by atoms with Gasteiger partial charge < -0.3 is 9.84 Å². The molecule has 0 aliphatic rings. The molecule has 5 nitrogen and oxygen atoms in total. The van der Waals surface area contributed by atoms with Crippen molar-refractivity contribution in [2.45, 2.75) is 163 Å². The van der Waals surface area contributed by atoms with Gasteiger partial charge in [0.2, 0.25) is 0 Å². The Hall–Kier alpha value is -1.39. The Balaban J connectivity index is 6.49. The molecule has 0 saturated carbocycles. The minimum Gasteiger partial charge on any atom is -0.481 e. The van der Waals surface area contributed by atoms with Crippen molar-refractivity contribution in [2.75, 3.05) is 0 Å². The minimum absolute atomic E-state index is 0.00177. The molecule has 0 fully saturated rings. The summed E-state index contributed by atoms with van der Waals surface area (Å²) in [6.07, 6.45) is 5.54. The van der Waals surface area contributed by atoms with Gasteiger partial charge in [0.15, 0.2) is 0 Å². The highest BCUT2D eigenvalue weighted by atomic mass is 16.6. The Morgan fingerprint density at radius 3 is 1.35 bits per heavy atom. The van der Waals surface area contributed by atoms with Crippen LogP contribution < -0.4 is 0 Å². The largest absolute Gasteiger partial charge is 0.481 e. The highest BCUT2D eigenvalue weighted by molar-refractivity contribution is 5.90.